The van der Waals surface area contributed by atoms with Crippen LogP contribution in [0.1, 0.15) is 20.8 Å². The van der Waals surface area contributed by atoms with Gasteiger partial charge < -0.3 is 14.9 Å². The Morgan fingerprint density at radius 2 is 1.31 bits per heavy atom. The van der Waals surface area contributed by atoms with Crippen molar-refractivity contribution in [1.29, 1.82) is 0 Å². The predicted molar refractivity (Wildman–Crippen MR) is 50.3 cm³/mol. The summed E-state index contributed by atoms with van der Waals surface area (Å²) in [5, 5.41) is 19.7. The van der Waals surface area contributed by atoms with Gasteiger partial charge in [-0.2, -0.15) is 0 Å². The third kappa shape index (κ3) is 1.73. The summed E-state index contributed by atoms with van der Waals surface area (Å²) >= 11 is 0. The first-order valence-corrected chi connectivity index (χ1v) is 4.89. The lowest BCUT2D eigenvalue weighted by Crippen LogP contribution is -2.53. The largest absolute Gasteiger partial charge is 0.392 e. The number of ether oxygens (including phenoxy) is 1. The third-order valence-corrected chi connectivity index (χ3v) is 3.57. The second-order valence-electron chi connectivity index (χ2n) is 4.26. The number of methoxy groups -OCH3 is 1. The number of aliphatic hydroxyl groups is 2. The summed E-state index contributed by atoms with van der Waals surface area (Å²) in [6.45, 7) is 5.85. The van der Waals surface area contributed by atoms with E-state index in [-0.39, 0.29) is 30.0 Å². The summed E-state index contributed by atoms with van der Waals surface area (Å²) in [6, 6.07) is 0. The van der Waals surface area contributed by atoms with Crippen molar-refractivity contribution in [2.45, 2.75) is 39.1 Å². The highest BCUT2D eigenvalue weighted by Gasteiger charge is 2.43. The minimum atomic E-state index is -0.460. The van der Waals surface area contributed by atoms with E-state index in [1.54, 1.807) is 7.11 Å². The Bertz CT molecular complexity index is 156. The molecule has 0 aromatic heterocycles. The molecule has 0 bridgehead atoms. The van der Waals surface area contributed by atoms with Crippen LogP contribution >= 0.6 is 0 Å². The van der Waals surface area contributed by atoms with Gasteiger partial charge in [0.15, 0.2) is 0 Å². The molecule has 6 atom stereocenters. The number of aliphatic hydroxyl groups excluding tert-OH is 2. The van der Waals surface area contributed by atoms with E-state index in [0.29, 0.717) is 0 Å². The molecule has 0 saturated heterocycles. The Morgan fingerprint density at radius 3 is 1.77 bits per heavy atom. The number of hydrogen-bond donors (Lipinski definition) is 2. The average Bonchev–Trinajstić information content (AvgIpc) is 2.13. The lowest BCUT2D eigenvalue weighted by molar-refractivity contribution is -0.152. The Kier molecular flexibility index (Phi) is 3.33. The lowest BCUT2D eigenvalue weighted by atomic mass is 9.71. The normalized spacial score (nSPS) is 52.2. The zero-order valence-corrected chi connectivity index (χ0v) is 8.77. The molecule has 0 spiro atoms. The van der Waals surface area contributed by atoms with Crippen LogP contribution in [0.2, 0.25) is 0 Å². The monoisotopic (exact) mass is 188 g/mol. The maximum atomic E-state index is 9.86. The number of rotatable bonds is 1. The molecule has 13 heavy (non-hydrogen) atoms. The highest BCUT2D eigenvalue weighted by atomic mass is 16.5. The van der Waals surface area contributed by atoms with E-state index in [1.807, 2.05) is 20.8 Å². The maximum absolute atomic E-state index is 9.86. The van der Waals surface area contributed by atoms with E-state index >= 15 is 0 Å². The first-order chi connectivity index (χ1) is 6.00. The molecule has 0 aliphatic heterocycles. The highest BCUT2D eigenvalue weighted by molar-refractivity contribution is 4.93. The highest BCUT2D eigenvalue weighted by Crippen LogP contribution is 2.35. The Labute approximate surface area is 79.7 Å². The molecule has 0 aromatic rings. The van der Waals surface area contributed by atoms with E-state index in [0.717, 1.165) is 0 Å². The molecular formula is C10H20O3. The van der Waals surface area contributed by atoms with Crippen LogP contribution in [0.25, 0.3) is 0 Å². The van der Waals surface area contributed by atoms with Crippen molar-refractivity contribution in [3.05, 3.63) is 0 Å². The fraction of sp³-hybridized carbons (Fsp3) is 1.00. The molecule has 0 unspecified atom stereocenters. The van der Waals surface area contributed by atoms with Gasteiger partial charge in [0.1, 0.15) is 0 Å². The summed E-state index contributed by atoms with van der Waals surface area (Å²) < 4.78 is 5.19. The minimum Gasteiger partial charge on any atom is -0.392 e. The summed E-state index contributed by atoms with van der Waals surface area (Å²) in [4.78, 5) is 0. The molecule has 78 valence electrons. The molecular weight excluding hydrogens is 168 g/mol. The zero-order chi connectivity index (χ0) is 10.2. The van der Waals surface area contributed by atoms with Crippen LogP contribution in [0.4, 0.5) is 0 Å². The average molecular weight is 188 g/mol. The van der Waals surface area contributed by atoms with Crippen LogP contribution in [0.3, 0.4) is 0 Å². The first-order valence-electron chi connectivity index (χ1n) is 4.89. The first kappa shape index (κ1) is 11.0. The molecule has 1 rings (SSSR count). The van der Waals surface area contributed by atoms with Crippen molar-refractivity contribution in [2.75, 3.05) is 7.11 Å². The smallest absolute Gasteiger partial charge is 0.0883 e. The molecule has 0 aromatic carbocycles. The van der Waals surface area contributed by atoms with Crippen molar-refractivity contribution >= 4 is 0 Å². The van der Waals surface area contributed by atoms with E-state index in [4.69, 9.17) is 4.74 Å². The molecule has 1 saturated carbocycles. The SMILES string of the molecule is CO[C@H]1[C@H](C)[C@@H](O)[C@H](C)[C@H](C)[C@H]1O. The zero-order valence-electron chi connectivity index (χ0n) is 8.77. The number of hydrogen-bond acceptors (Lipinski definition) is 3. The summed E-state index contributed by atoms with van der Waals surface area (Å²) in [6.07, 6.45) is -1.07. The van der Waals surface area contributed by atoms with Crippen LogP contribution < -0.4 is 0 Å². The topological polar surface area (TPSA) is 49.7 Å². The van der Waals surface area contributed by atoms with Crippen molar-refractivity contribution in [2.24, 2.45) is 17.8 Å². The lowest BCUT2D eigenvalue weighted by Gasteiger charge is -2.44. The van der Waals surface area contributed by atoms with Gasteiger partial charge in [-0.05, 0) is 11.8 Å². The van der Waals surface area contributed by atoms with Crippen molar-refractivity contribution < 1.29 is 14.9 Å². The van der Waals surface area contributed by atoms with Gasteiger partial charge in [0, 0.05) is 13.0 Å². The van der Waals surface area contributed by atoms with E-state index in [9.17, 15) is 10.2 Å². The van der Waals surface area contributed by atoms with Crippen molar-refractivity contribution in [3.63, 3.8) is 0 Å². The predicted octanol–water partition coefficient (Wildman–Crippen LogP) is 0.645. The van der Waals surface area contributed by atoms with Crippen LogP contribution in [0.15, 0.2) is 0 Å². The van der Waals surface area contributed by atoms with Gasteiger partial charge in [0.2, 0.25) is 0 Å². The standard InChI is InChI=1S/C10H20O3/c1-5-6(2)9(12)10(13-4)7(3)8(5)11/h5-12H,1-4H3/t5-,6+,7-,8+,9-,10+/m1/s1. The quantitative estimate of drug-likeness (QED) is 0.635. The van der Waals surface area contributed by atoms with Crippen molar-refractivity contribution in [3.8, 4) is 0 Å². The second-order valence-corrected chi connectivity index (χ2v) is 4.26. The molecule has 1 fully saturated rings. The molecule has 0 radical (unpaired) electrons. The van der Waals surface area contributed by atoms with Crippen LogP contribution in [0.5, 0.6) is 0 Å². The summed E-state index contributed by atoms with van der Waals surface area (Å²) in [5.41, 5.74) is 0. The van der Waals surface area contributed by atoms with E-state index in [2.05, 4.69) is 0 Å². The van der Waals surface area contributed by atoms with Gasteiger partial charge in [-0.25, -0.2) is 0 Å². The van der Waals surface area contributed by atoms with E-state index < -0.39 is 6.10 Å². The van der Waals surface area contributed by atoms with Crippen LogP contribution in [-0.2, 0) is 4.74 Å². The van der Waals surface area contributed by atoms with Gasteiger partial charge in [-0.1, -0.05) is 20.8 Å². The van der Waals surface area contributed by atoms with Gasteiger partial charge in [0.05, 0.1) is 18.3 Å². The molecule has 0 amide bonds. The fourth-order valence-electron chi connectivity index (χ4n) is 2.26. The van der Waals surface area contributed by atoms with Crippen LogP contribution in [0, 0.1) is 17.8 Å². The molecule has 1 aliphatic carbocycles. The molecule has 1 aliphatic rings. The second kappa shape index (κ2) is 3.95. The Morgan fingerprint density at radius 1 is 0.846 bits per heavy atom. The summed E-state index contributed by atoms with van der Waals surface area (Å²) in [5.74, 6) is 0.235. The summed E-state index contributed by atoms with van der Waals surface area (Å²) in [7, 11) is 1.58. The van der Waals surface area contributed by atoms with Gasteiger partial charge >= 0.3 is 0 Å². The molecule has 0 heterocycles. The van der Waals surface area contributed by atoms with Crippen LogP contribution in [-0.4, -0.2) is 35.6 Å². The fourth-order valence-corrected chi connectivity index (χ4v) is 2.26. The van der Waals surface area contributed by atoms with Gasteiger partial charge in [-0.15, -0.1) is 0 Å². The Hall–Kier alpha value is -0.120. The van der Waals surface area contributed by atoms with Gasteiger partial charge in [0.25, 0.3) is 0 Å². The maximum Gasteiger partial charge on any atom is 0.0883 e. The molecule has 3 nitrogen and oxygen atoms in total. The minimum absolute atomic E-state index is 0.00574. The van der Waals surface area contributed by atoms with E-state index in [1.165, 1.54) is 0 Å². The van der Waals surface area contributed by atoms with Gasteiger partial charge in [-0.3, -0.25) is 0 Å². The third-order valence-electron chi connectivity index (χ3n) is 3.57. The molecule has 2 N–H and O–H groups in total. The molecule has 3 heteroatoms. The van der Waals surface area contributed by atoms with Crippen molar-refractivity contribution in [1.82, 2.24) is 0 Å². The Balaban J connectivity index is 2.79.